The van der Waals surface area contributed by atoms with Crippen molar-refractivity contribution in [3.05, 3.63) is 18.3 Å². The lowest BCUT2D eigenvalue weighted by Gasteiger charge is -2.48. The van der Waals surface area contributed by atoms with Gasteiger partial charge in [0.05, 0.1) is 4.90 Å². The number of nitrogens with two attached hydrogens (primary N) is 1. The number of pyridine rings is 1. The molecular formula is C13H22N4O2S. The van der Waals surface area contributed by atoms with E-state index in [2.05, 4.69) is 9.88 Å². The third-order valence-electron chi connectivity index (χ3n) is 4.21. The fourth-order valence-corrected chi connectivity index (χ4v) is 3.87. The molecule has 6 nitrogen and oxygen atoms in total. The number of rotatable bonds is 5. The van der Waals surface area contributed by atoms with Crippen molar-refractivity contribution in [2.24, 2.45) is 0 Å². The molecular weight excluding hydrogens is 276 g/mol. The van der Waals surface area contributed by atoms with Crippen molar-refractivity contribution < 1.29 is 8.42 Å². The molecule has 1 aromatic rings. The third kappa shape index (κ3) is 2.65. The van der Waals surface area contributed by atoms with Gasteiger partial charge < -0.3 is 10.6 Å². The number of nitrogen functional groups attached to an aromatic ring is 1. The monoisotopic (exact) mass is 298 g/mol. The van der Waals surface area contributed by atoms with Crippen LogP contribution in [0.4, 0.5) is 5.82 Å². The summed E-state index contributed by atoms with van der Waals surface area (Å²) in [5, 5.41) is 0. The molecule has 0 unspecified atom stereocenters. The Labute approximate surface area is 120 Å². The molecule has 0 radical (unpaired) electrons. The summed E-state index contributed by atoms with van der Waals surface area (Å²) in [5.41, 5.74) is 5.52. The smallest absolute Gasteiger partial charge is 0.243 e. The van der Waals surface area contributed by atoms with E-state index in [0.717, 1.165) is 19.3 Å². The standard InChI is InChI=1S/C13H22N4O2S/c1-16(2)13(6-4-7-13)10-17(3)20(18,19)11-5-8-15-12(14)9-11/h5,8-9H,4,6-7,10H2,1-3H3,(H2,14,15). The molecule has 1 aromatic heterocycles. The molecule has 0 spiro atoms. The number of aromatic nitrogens is 1. The van der Waals surface area contributed by atoms with Gasteiger partial charge in [-0.15, -0.1) is 0 Å². The van der Waals surface area contributed by atoms with E-state index in [9.17, 15) is 8.42 Å². The van der Waals surface area contributed by atoms with Crippen molar-refractivity contribution in [1.82, 2.24) is 14.2 Å². The summed E-state index contributed by atoms with van der Waals surface area (Å²) in [6.45, 7) is 0.491. The molecule has 0 aliphatic heterocycles. The number of likely N-dealkylation sites (N-methyl/N-ethyl adjacent to an activating group) is 2. The maximum atomic E-state index is 12.5. The summed E-state index contributed by atoms with van der Waals surface area (Å²) in [6.07, 6.45) is 4.62. The zero-order valence-electron chi connectivity index (χ0n) is 12.2. The van der Waals surface area contributed by atoms with E-state index in [1.807, 2.05) is 14.1 Å². The zero-order chi connectivity index (χ0) is 15.0. The highest BCUT2D eigenvalue weighted by Gasteiger charge is 2.42. The van der Waals surface area contributed by atoms with Crippen LogP contribution < -0.4 is 5.73 Å². The van der Waals surface area contributed by atoms with Gasteiger partial charge in [-0.2, -0.15) is 4.31 Å². The topological polar surface area (TPSA) is 79.5 Å². The molecule has 0 saturated heterocycles. The first kappa shape index (κ1) is 15.2. The minimum atomic E-state index is -3.52. The molecule has 0 atom stereocenters. The van der Waals surface area contributed by atoms with Gasteiger partial charge in [0.1, 0.15) is 5.82 Å². The Morgan fingerprint density at radius 3 is 2.45 bits per heavy atom. The van der Waals surface area contributed by atoms with Crippen LogP contribution in [-0.2, 0) is 10.0 Å². The molecule has 1 heterocycles. The first-order chi connectivity index (χ1) is 9.28. The van der Waals surface area contributed by atoms with E-state index in [-0.39, 0.29) is 16.3 Å². The summed E-state index contributed by atoms with van der Waals surface area (Å²) < 4.78 is 26.5. The van der Waals surface area contributed by atoms with Crippen LogP contribution in [0.15, 0.2) is 23.2 Å². The molecule has 2 rings (SSSR count). The fourth-order valence-electron chi connectivity index (χ4n) is 2.60. The van der Waals surface area contributed by atoms with E-state index in [4.69, 9.17) is 5.73 Å². The van der Waals surface area contributed by atoms with Crippen LogP contribution in [0.5, 0.6) is 0 Å². The van der Waals surface area contributed by atoms with Gasteiger partial charge >= 0.3 is 0 Å². The lowest BCUT2D eigenvalue weighted by Crippen LogP contribution is -2.57. The molecule has 7 heteroatoms. The first-order valence-corrected chi connectivity index (χ1v) is 8.07. The van der Waals surface area contributed by atoms with Crippen molar-refractivity contribution in [1.29, 1.82) is 0 Å². The minimum absolute atomic E-state index is 0.0413. The Morgan fingerprint density at radius 2 is 2.00 bits per heavy atom. The van der Waals surface area contributed by atoms with Crippen LogP contribution in [0.25, 0.3) is 0 Å². The zero-order valence-corrected chi connectivity index (χ0v) is 13.0. The van der Waals surface area contributed by atoms with Gasteiger partial charge in [-0.05, 0) is 39.4 Å². The van der Waals surface area contributed by atoms with Gasteiger partial charge in [0.15, 0.2) is 0 Å². The molecule has 112 valence electrons. The second-order valence-electron chi connectivity index (χ2n) is 5.65. The minimum Gasteiger partial charge on any atom is -0.384 e. The van der Waals surface area contributed by atoms with Crippen molar-refractivity contribution >= 4 is 15.8 Å². The number of hydrogen-bond acceptors (Lipinski definition) is 5. The molecule has 0 aromatic carbocycles. The number of anilines is 1. The van der Waals surface area contributed by atoms with E-state index < -0.39 is 10.0 Å². The van der Waals surface area contributed by atoms with Crippen molar-refractivity contribution in [2.75, 3.05) is 33.4 Å². The van der Waals surface area contributed by atoms with Crippen LogP contribution in [0.1, 0.15) is 19.3 Å². The van der Waals surface area contributed by atoms with E-state index >= 15 is 0 Å². The fraction of sp³-hybridized carbons (Fsp3) is 0.615. The Kier molecular flexibility index (Phi) is 4.04. The summed E-state index contributed by atoms with van der Waals surface area (Å²) in [7, 11) is 2.11. The Hall–Kier alpha value is -1.18. The van der Waals surface area contributed by atoms with E-state index in [1.54, 1.807) is 7.05 Å². The lowest BCUT2D eigenvalue weighted by atomic mass is 9.75. The van der Waals surface area contributed by atoms with Gasteiger partial charge in [0.2, 0.25) is 10.0 Å². The van der Waals surface area contributed by atoms with Crippen LogP contribution >= 0.6 is 0 Å². The maximum absolute atomic E-state index is 12.5. The quantitative estimate of drug-likeness (QED) is 0.868. The predicted molar refractivity (Wildman–Crippen MR) is 78.7 cm³/mol. The van der Waals surface area contributed by atoms with E-state index in [1.165, 1.54) is 22.6 Å². The highest BCUT2D eigenvalue weighted by molar-refractivity contribution is 7.89. The Balaban J connectivity index is 2.22. The Morgan fingerprint density at radius 1 is 1.35 bits per heavy atom. The van der Waals surface area contributed by atoms with Crippen LogP contribution in [0.2, 0.25) is 0 Å². The predicted octanol–water partition coefficient (Wildman–Crippen LogP) is 0.769. The van der Waals surface area contributed by atoms with Crippen molar-refractivity contribution in [3.63, 3.8) is 0 Å². The number of nitrogens with zero attached hydrogens (tertiary/aromatic N) is 3. The SMILES string of the molecule is CN(C)C1(CN(C)S(=O)(=O)c2ccnc(N)c2)CCC1. The number of hydrogen-bond donors (Lipinski definition) is 1. The average molecular weight is 298 g/mol. The molecule has 0 amide bonds. The van der Waals surface area contributed by atoms with Crippen LogP contribution in [0.3, 0.4) is 0 Å². The molecule has 1 fully saturated rings. The molecule has 1 saturated carbocycles. The van der Waals surface area contributed by atoms with Crippen molar-refractivity contribution in [3.8, 4) is 0 Å². The summed E-state index contributed by atoms with van der Waals surface area (Å²) >= 11 is 0. The summed E-state index contributed by atoms with van der Waals surface area (Å²) in [4.78, 5) is 6.15. The maximum Gasteiger partial charge on any atom is 0.243 e. The molecule has 20 heavy (non-hydrogen) atoms. The Bertz CT molecular complexity index is 582. The first-order valence-electron chi connectivity index (χ1n) is 6.63. The average Bonchev–Trinajstić information content (AvgIpc) is 2.32. The molecule has 1 aliphatic carbocycles. The third-order valence-corrected chi connectivity index (χ3v) is 6.01. The summed E-state index contributed by atoms with van der Waals surface area (Å²) in [5.74, 6) is 0.213. The van der Waals surface area contributed by atoms with E-state index in [0.29, 0.717) is 6.54 Å². The van der Waals surface area contributed by atoms with Crippen LogP contribution in [-0.4, -0.2) is 55.8 Å². The largest absolute Gasteiger partial charge is 0.384 e. The van der Waals surface area contributed by atoms with Gasteiger partial charge in [-0.25, -0.2) is 13.4 Å². The highest BCUT2D eigenvalue weighted by Crippen LogP contribution is 2.37. The highest BCUT2D eigenvalue weighted by atomic mass is 32.2. The second-order valence-corrected chi connectivity index (χ2v) is 7.69. The van der Waals surface area contributed by atoms with Crippen molar-refractivity contribution in [2.45, 2.75) is 29.7 Å². The van der Waals surface area contributed by atoms with Gasteiger partial charge in [0, 0.05) is 31.4 Å². The lowest BCUT2D eigenvalue weighted by molar-refractivity contribution is 0.0455. The molecule has 1 aliphatic rings. The van der Waals surface area contributed by atoms with Gasteiger partial charge in [-0.3, -0.25) is 0 Å². The normalized spacial score (nSPS) is 18.2. The van der Waals surface area contributed by atoms with Gasteiger partial charge in [-0.1, -0.05) is 0 Å². The van der Waals surface area contributed by atoms with Crippen LogP contribution in [0, 0.1) is 0 Å². The second kappa shape index (κ2) is 5.31. The molecule has 0 bridgehead atoms. The summed E-state index contributed by atoms with van der Waals surface area (Å²) in [6, 6.07) is 2.88. The van der Waals surface area contributed by atoms with Gasteiger partial charge in [0.25, 0.3) is 0 Å². The molecule has 2 N–H and O–H groups in total. The number of sulfonamides is 1.